The van der Waals surface area contributed by atoms with E-state index in [0.29, 0.717) is 49.2 Å². The number of halogens is 3. The monoisotopic (exact) mass is 481 g/mol. The summed E-state index contributed by atoms with van der Waals surface area (Å²) < 4.78 is 50.1. The largest absolute Gasteiger partial charge is 0.467 e. The number of likely N-dealkylation sites (tertiary alicyclic amines) is 1. The maximum Gasteiger partial charge on any atom is 0.416 e. The maximum absolute atomic E-state index is 13.3. The SMILES string of the molecule is COCOc1cc(C(F)(F)F)ccc1-c1nnc([C@H](O)C2CCCN(C(=O)O)C2)c2c1CCC2. The Balaban J connectivity index is 1.71. The predicted octanol–water partition coefficient (Wildman–Crippen LogP) is 4.06. The topological polar surface area (TPSA) is 105 Å². The third-order valence-corrected chi connectivity index (χ3v) is 6.42. The van der Waals surface area contributed by atoms with E-state index in [2.05, 4.69) is 10.2 Å². The molecule has 2 aromatic rings. The standard InChI is InChI=1S/C23H26F3N3O5/c1-33-12-34-18-10-14(23(24,25)26)7-8-17(18)19-15-5-2-6-16(15)20(28-27-19)21(30)13-4-3-9-29(11-13)22(31)32/h7-8,10,13,21,30H,2-6,9,11-12H2,1H3,(H,31,32)/t13?,21-/m1/s1. The van der Waals surface area contributed by atoms with E-state index in [4.69, 9.17) is 9.47 Å². The highest BCUT2D eigenvalue weighted by atomic mass is 19.4. The van der Waals surface area contributed by atoms with Crippen LogP contribution in [0.4, 0.5) is 18.0 Å². The fraction of sp³-hybridized carbons (Fsp3) is 0.522. The maximum atomic E-state index is 13.3. The van der Waals surface area contributed by atoms with Gasteiger partial charge >= 0.3 is 12.3 Å². The number of fused-ring (bicyclic) bond motifs is 1. The molecule has 8 nitrogen and oxygen atoms in total. The number of benzene rings is 1. The fourth-order valence-corrected chi connectivity index (χ4v) is 4.77. The van der Waals surface area contributed by atoms with E-state index in [1.165, 1.54) is 18.1 Å². The number of aliphatic hydroxyl groups is 1. The summed E-state index contributed by atoms with van der Waals surface area (Å²) in [7, 11) is 1.37. The third kappa shape index (κ3) is 4.80. The molecule has 1 aliphatic heterocycles. The van der Waals surface area contributed by atoms with Crippen molar-refractivity contribution in [2.45, 2.75) is 44.4 Å². The molecule has 4 rings (SSSR count). The number of hydrogen-bond donors (Lipinski definition) is 2. The summed E-state index contributed by atoms with van der Waals surface area (Å²) in [6.45, 7) is 0.407. The zero-order chi connectivity index (χ0) is 24.5. The van der Waals surface area contributed by atoms with Crippen molar-refractivity contribution in [3.63, 3.8) is 0 Å². The molecule has 34 heavy (non-hydrogen) atoms. The Morgan fingerprint density at radius 1 is 1.24 bits per heavy atom. The van der Waals surface area contributed by atoms with Crippen molar-refractivity contribution in [3.05, 3.63) is 40.6 Å². The molecular weight excluding hydrogens is 455 g/mol. The second-order valence-electron chi connectivity index (χ2n) is 8.58. The molecule has 1 amide bonds. The van der Waals surface area contributed by atoms with Crippen LogP contribution < -0.4 is 4.74 Å². The third-order valence-electron chi connectivity index (χ3n) is 6.42. The number of aromatic nitrogens is 2. The zero-order valence-electron chi connectivity index (χ0n) is 18.6. The molecule has 2 heterocycles. The molecule has 0 radical (unpaired) electrons. The number of ether oxygens (including phenoxy) is 2. The number of alkyl halides is 3. The minimum atomic E-state index is -4.53. The van der Waals surface area contributed by atoms with Crippen molar-refractivity contribution in [1.82, 2.24) is 15.1 Å². The Labute approximate surface area is 194 Å². The van der Waals surface area contributed by atoms with Gasteiger partial charge in [0, 0.05) is 31.7 Å². The van der Waals surface area contributed by atoms with Crippen LogP contribution in [0.5, 0.6) is 5.75 Å². The molecule has 2 atom stereocenters. The van der Waals surface area contributed by atoms with Crippen molar-refractivity contribution in [1.29, 1.82) is 0 Å². The average Bonchev–Trinajstić information content (AvgIpc) is 3.31. The molecule has 1 unspecified atom stereocenters. The van der Waals surface area contributed by atoms with Gasteiger partial charge in [0.25, 0.3) is 0 Å². The van der Waals surface area contributed by atoms with Crippen LogP contribution in [0, 0.1) is 5.92 Å². The normalized spacial score (nSPS) is 19.1. The van der Waals surface area contributed by atoms with E-state index in [0.717, 1.165) is 29.7 Å². The second kappa shape index (κ2) is 9.75. The van der Waals surface area contributed by atoms with Crippen LogP contribution in [-0.2, 0) is 23.8 Å². The Kier molecular flexibility index (Phi) is 6.94. The van der Waals surface area contributed by atoms with Gasteiger partial charge < -0.3 is 24.6 Å². The van der Waals surface area contributed by atoms with E-state index >= 15 is 0 Å². The van der Waals surface area contributed by atoms with Crippen molar-refractivity contribution < 1.29 is 37.7 Å². The lowest BCUT2D eigenvalue weighted by Gasteiger charge is -2.33. The summed E-state index contributed by atoms with van der Waals surface area (Å²) in [5.41, 5.74) is 1.99. The summed E-state index contributed by atoms with van der Waals surface area (Å²) in [4.78, 5) is 12.7. The van der Waals surface area contributed by atoms with Crippen LogP contribution in [0.3, 0.4) is 0 Å². The number of rotatable bonds is 6. The molecule has 1 aliphatic carbocycles. The molecule has 2 N–H and O–H groups in total. The molecule has 0 bridgehead atoms. The first kappa shape index (κ1) is 24.2. The summed E-state index contributed by atoms with van der Waals surface area (Å²) in [6.07, 6.45) is -3.15. The highest BCUT2D eigenvalue weighted by Gasteiger charge is 2.35. The Morgan fingerprint density at radius 2 is 2.00 bits per heavy atom. The lowest BCUT2D eigenvalue weighted by molar-refractivity contribution is -0.137. The first-order chi connectivity index (χ1) is 16.2. The molecule has 0 spiro atoms. The molecule has 1 fully saturated rings. The number of methoxy groups -OCH3 is 1. The Bertz CT molecular complexity index is 1060. The lowest BCUT2D eigenvalue weighted by atomic mass is 9.88. The quantitative estimate of drug-likeness (QED) is 0.600. The van der Waals surface area contributed by atoms with Crippen molar-refractivity contribution in [2.24, 2.45) is 5.92 Å². The number of amides is 1. The van der Waals surface area contributed by atoms with Gasteiger partial charge in [0.2, 0.25) is 0 Å². The van der Waals surface area contributed by atoms with E-state index in [1.54, 1.807) is 0 Å². The fourth-order valence-electron chi connectivity index (χ4n) is 4.77. The van der Waals surface area contributed by atoms with Gasteiger partial charge in [0.1, 0.15) is 17.5 Å². The number of nitrogens with zero attached hydrogens (tertiary/aromatic N) is 3. The highest BCUT2D eigenvalue weighted by Crippen LogP contribution is 2.42. The van der Waals surface area contributed by atoms with E-state index in [-0.39, 0.29) is 25.0 Å². The number of hydrogen-bond acceptors (Lipinski definition) is 6. The molecule has 2 aliphatic rings. The van der Waals surface area contributed by atoms with Crippen molar-refractivity contribution in [2.75, 3.05) is 27.0 Å². The van der Waals surface area contributed by atoms with Gasteiger partial charge in [-0.2, -0.15) is 18.3 Å². The van der Waals surface area contributed by atoms with E-state index in [9.17, 15) is 28.2 Å². The second-order valence-corrected chi connectivity index (χ2v) is 8.58. The van der Waals surface area contributed by atoms with Gasteiger partial charge in [-0.15, -0.1) is 5.10 Å². The van der Waals surface area contributed by atoms with Gasteiger partial charge in [0.15, 0.2) is 6.79 Å². The van der Waals surface area contributed by atoms with Gasteiger partial charge in [-0.25, -0.2) is 4.79 Å². The van der Waals surface area contributed by atoms with Crippen LogP contribution in [-0.4, -0.2) is 58.4 Å². The van der Waals surface area contributed by atoms with Crippen LogP contribution in [0.25, 0.3) is 11.3 Å². The Morgan fingerprint density at radius 3 is 2.71 bits per heavy atom. The molecule has 1 aromatic heterocycles. The van der Waals surface area contributed by atoms with Crippen LogP contribution >= 0.6 is 0 Å². The van der Waals surface area contributed by atoms with Gasteiger partial charge in [-0.1, -0.05) is 0 Å². The van der Waals surface area contributed by atoms with Crippen LogP contribution in [0.1, 0.15) is 47.8 Å². The minimum absolute atomic E-state index is 0.0160. The number of piperidine rings is 1. The van der Waals surface area contributed by atoms with Crippen LogP contribution in [0.2, 0.25) is 0 Å². The number of aliphatic hydroxyl groups excluding tert-OH is 1. The average molecular weight is 481 g/mol. The van der Waals surface area contributed by atoms with Crippen molar-refractivity contribution in [3.8, 4) is 17.0 Å². The molecule has 0 saturated carbocycles. The first-order valence-electron chi connectivity index (χ1n) is 11.1. The van der Waals surface area contributed by atoms with Crippen molar-refractivity contribution >= 4 is 6.09 Å². The summed E-state index contributed by atoms with van der Waals surface area (Å²) in [5, 5.41) is 29.0. The lowest BCUT2D eigenvalue weighted by Crippen LogP contribution is -2.41. The summed E-state index contributed by atoms with van der Waals surface area (Å²) >= 11 is 0. The summed E-state index contributed by atoms with van der Waals surface area (Å²) in [6, 6.07) is 3.21. The predicted molar refractivity (Wildman–Crippen MR) is 114 cm³/mol. The van der Waals surface area contributed by atoms with Crippen LogP contribution in [0.15, 0.2) is 18.2 Å². The number of carbonyl (C=O) groups is 1. The Hall–Kier alpha value is -2.92. The molecule has 1 aromatic carbocycles. The van der Waals surface area contributed by atoms with Gasteiger partial charge in [-0.05, 0) is 61.4 Å². The van der Waals surface area contributed by atoms with Gasteiger partial charge in [-0.3, -0.25) is 0 Å². The highest BCUT2D eigenvalue weighted by molar-refractivity contribution is 5.72. The summed E-state index contributed by atoms with van der Waals surface area (Å²) in [5.74, 6) is -0.320. The number of carboxylic acid groups (broad SMARTS) is 1. The first-order valence-corrected chi connectivity index (χ1v) is 11.1. The van der Waals surface area contributed by atoms with E-state index in [1.807, 2.05) is 0 Å². The molecule has 184 valence electrons. The zero-order valence-corrected chi connectivity index (χ0v) is 18.6. The minimum Gasteiger partial charge on any atom is -0.467 e. The molecule has 1 saturated heterocycles. The smallest absolute Gasteiger partial charge is 0.416 e. The molecule has 11 heteroatoms. The van der Waals surface area contributed by atoms with Gasteiger partial charge in [0.05, 0.1) is 11.3 Å². The van der Waals surface area contributed by atoms with E-state index < -0.39 is 23.9 Å². The molecular formula is C23H26F3N3O5.